The molecule has 118 valence electrons. The molecule has 0 aliphatic heterocycles. The number of carbonyl (C=O) groups excluding carboxylic acids is 1. The van der Waals surface area contributed by atoms with Crippen molar-refractivity contribution in [1.29, 1.82) is 0 Å². The van der Waals surface area contributed by atoms with Gasteiger partial charge in [0.25, 0.3) is 5.91 Å². The summed E-state index contributed by atoms with van der Waals surface area (Å²) < 4.78 is 15.1. The van der Waals surface area contributed by atoms with Gasteiger partial charge in [-0.25, -0.2) is 9.37 Å². The van der Waals surface area contributed by atoms with E-state index in [1.807, 2.05) is 42.6 Å². The molecule has 1 amide bonds. The Bertz CT molecular complexity index is 839. The Labute approximate surface area is 134 Å². The molecule has 1 atom stereocenters. The van der Waals surface area contributed by atoms with Crippen LogP contribution in [0.3, 0.4) is 0 Å². The molecule has 2 aromatic heterocycles. The van der Waals surface area contributed by atoms with E-state index >= 15 is 0 Å². The van der Waals surface area contributed by atoms with Gasteiger partial charge in [-0.05, 0) is 49.7 Å². The predicted octanol–water partition coefficient (Wildman–Crippen LogP) is 3.67. The second-order valence-corrected chi connectivity index (χ2v) is 5.53. The highest BCUT2D eigenvalue weighted by Gasteiger charge is 2.21. The van der Waals surface area contributed by atoms with Crippen LogP contribution >= 0.6 is 0 Å². The number of nitrogens with one attached hydrogen (secondary N) is 1. The molecule has 23 heavy (non-hydrogen) atoms. The molecule has 0 fully saturated rings. The Morgan fingerprint density at radius 3 is 2.70 bits per heavy atom. The summed E-state index contributed by atoms with van der Waals surface area (Å²) in [5.74, 6) is -0.532. The number of carbonyl (C=O) groups is 1. The largest absolute Gasteiger partial charge is 0.348 e. The van der Waals surface area contributed by atoms with Gasteiger partial charge in [0.05, 0.1) is 5.69 Å². The lowest BCUT2D eigenvalue weighted by atomic mass is 10.1. The molecule has 0 aliphatic carbocycles. The topological polar surface area (TPSA) is 46.4 Å². The van der Waals surface area contributed by atoms with Gasteiger partial charge < -0.3 is 5.32 Å². The number of rotatable bonds is 4. The first-order valence-electron chi connectivity index (χ1n) is 7.64. The Kier molecular flexibility index (Phi) is 4.10. The van der Waals surface area contributed by atoms with Gasteiger partial charge in [-0.15, -0.1) is 0 Å². The highest BCUT2D eigenvalue weighted by molar-refractivity contribution is 5.99. The molecule has 2 heterocycles. The molecule has 4 nitrogen and oxygen atoms in total. The molecule has 1 N–H and O–H groups in total. The van der Waals surface area contributed by atoms with E-state index in [9.17, 15) is 9.18 Å². The van der Waals surface area contributed by atoms with Gasteiger partial charge in [0.1, 0.15) is 11.5 Å². The van der Waals surface area contributed by atoms with Crippen molar-refractivity contribution >= 4 is 11.6 Å². The molecular weight excluding hydrogens is 293 g/mol. The summed E-state index contributed by atoms with van der Waals surface area (Å²) in [5, 5.41) is 2.94. The third-order valence-corrected chi connectivity index (χ3v) is 3.85. The molecule has 0 bridgehead atoms. The number of halogens is 1. The first-order valence-corrected chi connectivity index (χ1v) is 7.64. The van der Waals surface area contributed by atoms with Crippen molar-refractivity contribution in [2.45, 2.75) is 26.3 Å². The summed E-state index contributed by atoms with van der Waals surface area (Å²) in [5.41, 5.74) is 2.45. The van der Waals surface area contributed by atoms with Crippen LogP contribution in [0.5, 0.6) is 0 Å². The van der Waals surface area contributed by atoms with E-state index in [4.69, 9.17) is 0 Å². The monoisotopic (exact) mass is 311 g/mol. The summed E-state index contributed by atoms with van der Waals surface area (Å²) in [6, 6.07) is 11.7. The van der Waals surface area contributed by atoms with Crippen LogP contribution in [0.4, 0.5) is 4.39 Å². The van der Waals surface area contributed by atoms with Crippen LogP contribution in [0.1, 0.15) is 30.8 Å². The van der Waals surface area contributed by atoms with Gasteiger partial charge in [0.2, 0.25) is 0 Å². The fraction of sp³-hybridized carbons (Fsp3) is 0.222. The van der Waals surface area contributed by atoms with Gasteiger partial charge in [-0.3, -0.25) is 9.20 Å². The normalized spacial score (nSPS) is 12.3. The van der Waals surface area contributed by atoms with Gasteiger partial charge >= 0.3 is 0 Å². The molecular formula is C18H18FN3O. The highest BCUT2D eigenvalue weighted by atomic mass is 19.1. The van der Waals surface area contributed by atoms with E-state index in [1.165, 1.54) is 12.1 Å². The molecule has 0 saturated carbocycles. The minimum absolute atomic E-state index is 0.0633. The van der Waals surface area contributed by atoms with E-state index in [2.05, 4.69) is 10.3 Å². The quantitative estimate of drug-likeness (QED) is 0.799. The minimum Gasteiger partial charge on any atom is -0.348 e. The Hall–Kier alpha value is -2.69. The Morgan fingerprint density at radius 1 is 1.26 bits per heavy atom. The fourth-order valence-electron chi connectivity index (χ4n) is 2.43. The van der Waals surface area contributed by atoms with E-state index in [0.717, 1.165) is 12.0 Å². The molecule has 0 spiro atoms. The van der Waals surface area contributed by atoms with Crippen molar-refractivity contribution in [3.8, 4) is 11.3 Å². The summed E-state index contributed by atoms with van der Waals surface area (Å²) in [6.45, 7) is 3.96. The number of amides is 1. The standard InChI is InChI=1S/C18H18FN3O/c1-3-12(2)20-18(23)16-17(13-7-9-14(19)10-8-13)22-11-5-4-6-15(22)21-16/h4-12H,3H2,1-2H3,(H,20,23). The smallest absolute Gasteiger partial charge is 0.272 e. The van der Waals surface area contributed by atoms with E-state index < -0.39 is 0 Å². The minimum atomic E-state index is -0.312. The number of hydrogen-bond acceptors (Lipinski definition) is 2. The maximum atomic E-state index is 13.2. The lowest BCUT2D eigenvalue weighted by molar-refractivity contribution is 0.0935. The van der Waals surface area contributed by atoms with Crippen LogP contribution in [0, 0.1) is 5.82 Å². The predicted molar refractivity (Wildman–Crippen MR) is 87.8 cm³/mol. The van der Waals surface area contributed by atoms with E-state index in [0.29, 0.717) is 17.0 Å². The Morgan fingerprint density at radius 2 is 2.00 bits per heavy atom. The molecule has 5 heteroatoms. The summed E-state index contributed by atoms with van der Waals surface area (Å²) in [7, 11) is 0. The number of benzene rings is 1. The molecule has 1 unspecified atom stereocenters. The van der Waals surface area contributed by atoms with Gasteiger partial charge in [-0.1, -0.05) is 13.0 Å². The molecule has 1 aromatic carbocycles. The van der Waals surface area contributed by atoms with Crippen molar-refractivity contribution in [2.75, 3.05) is 0 Å². The second-order valence-electron chi connectivity index (χ2n) is 5.53. The van der Waals surface area contributed by atoms with E-state index in [1.54, 1.807) is 12.1 Å². The first-order chi connectivity index (χ1) is 11.1. The van der Waals surface area contributed by atoms with Crippen LogP contribution in [0.2, 0.25) is 0 Å². The van der Waals surface area contributed by atoms with Crippen molar-refractivity contribution in [3.63, 3.8) is 0 Å². The number of imidazole rings is 1. The first kappa shape index (κ1) is 15.2. The number of pyridine rings is 1. The third-order valence-electron chi connectivity index (χ3n) is 3.85. The van der Waals surface area contributed by atoms with Crippen LogP contribution < -0.4 is 5.32 Å². The second kappa shape index (κ2) is 6.20. The van der Waals surface area contributed by atoms with Gasteiger partial charge in [0, 0.05) is 17.8 Å². The molecule has 3 aromatic rings. The molecule has 0 saturated heterocycles. The lowest BCUT2D eigenvalue weighted by Gasteiger charge is -2.11. The zero-order valence-electron chi connectivity index (χ0n) is 13.1. The maximum Gasteiger partial charge on any atom is 0.272 e. The molecule has 0 radical (unpaired) electrons. The van der Waals surface area contributed by atoms with Gasteiger partial charge in [0.15, 0.2) is 5.69 Å². The number of fused-ring (bicyclic) bond motifs is 1. The SMILES string of the molecule is CCC(C)NC(=O)c1nc2ccccn2c1-c1ccc(F)cc1. The fourth-order valence-corrected chi connectivity index (χ4v) is 2.43. The van der Waals surface area contributed by atoms with Crippen molar-refractivity contribution in [3.05, 3.63) is 60.2 Å². The number of aromatic nitrogens is 2. The van der Waals surface area contributed by atoms with Crippen LogP contribution in [-0.4, -0.2) is 21.3 Å². The summed E-state index contributed by atoms with van der Waals surface area (Å²) >= 11 is 0. The average Bonchev–Trinajstić information content (AvgIpc) is 2.95. The van der Waals surface area contributed by atoms with Crippen molar-refractivity contribution < 1.29 is 9.18 Å². The average molecular weight is 311 g/mol. The molecule has 0 aliphatic rings. The highest BCUT2D eigenvalue weighted by Crippen LogP contribution is 2.25. The number of nitrogens with zero attached hydrogens (tertiary/aromatic N) is 2. The maximum absolute atomic E-state index is 13.2. The zero-order chi connectivity index (χ0) is 16.4. The van der Waals surface area contributed by atoms with Crippen molar-refractivity contribution in [1.82, 2.24) is 14.7 Å². The van der Waals surface area contributed by atoms with Crippen LogP contribution in [-0.2, 0) is 0 Å². The van der Waals surface area contributed by atoms with Crippen molar-refractivity contribution in [2.24, 2.45) is 0 Å². The van der Waals surface area contributed by atoms with Crippen LogP contribution in [0.25, 0.3) is 16.9 Å². The van der Waals surface area contributed by atoms with Crippen LogP contribution in [0.15, 0.2) is 48.7 Å². The van der Waals surface area contributed by atoms with Gasteiger partial charge in [-0.2, -0.15) is 0 Å². The lowest BCUT2D eigenvalue weighted by Crippen LogP contribution is -2.32. The third kappa shape index (κ3) is 2.95. The summed E-state index contributed by atoms with van der Waals surface area (Å²) in [6.07, 6.45) is 2.69. The summed E-state index contributed by atoms with van der Waals surface area (Å²) in [4.78, 5) is 17.0. The Balaban J connectivity index is 2.15. The number of hydrogen-bond donors (Lipinski definition) is 1. The van der Waals surface area contributed by atoms with E-state index in [-0.39, 0.29) is 17.8 Å². The zero-order valence-corrected chi connectivity index (χ0v) is 13.1. The molecule has 3 rings (SSSR count).